The molecule has 1 heterocycles. The predicted octanol–water partition coefficient (Wildman–Crippen LogP) is 2.73. The highest BCUT2D eigenvalue weighted by molar-refractivity contribution is 6.47. The fraction of sp³-hybridized carbons (Fsp3) is 0.500. The van der Waals surface area contributed by atoms with Crippen LogP contribution in [0.1, 0.15) is 39.5 Å². The van der Waals surface area contributed by atoms with Crippen molar-refractivity contribution in [2.75, 3.05) is 11.9 Å². The monoisotopic (exact) mass is 405 g/mol. The Bertz CT molecular complexity index is 795. The molecular formula is C18H23N5O6. The van der Waals surface area contributed by atoms with Gasteiger partial charge in [0.2, 0.25) is 12.0 Å². The standard InChI is InChI=1S/C18H23N5O6/c1-3-12-6-7-15(23(26)27)13(10-12)11-14(22-29-18(25)28-4-2)16(24)21-17-19-8-5-9-20-17/h5,8-9,11-12,15H,3-4,6-7,10H2,1-2H3,(H,19,20,21,24)/b13-11+,22-14+. The average Bonchev–Trinajstić information content (AvgIpc) is 2.71. The predicted molar refractivity (Wildman–Crippen MR) is 103 cm³/mol. The van der Waals surface area contributed by atoms with Gasteiger partial charge in [-0.1, -0.05) is 18.5 Å². The highest BCUT2D eigenvalue weighted by atomic mass is 16.8. The fourth-order valence-corrected chi connectivity index (χ4v) is 2.96. The van der Waals surface area contributed by atoms with E-state index in [1.165, 1.54) is 18.5 Å². The van der Waals surface area contributed by atoms with Gasteiger partial charge in [0.05, 0.1) is 6.61 Å². The normalized spacial score (nSPS) is 20.8. The highest BCUT2D eigenvalue weighted by Gasteiger charge is 2.33. The van der Waals surface area contributed by atoms with Crippen LogP contribution >= 0.6 is 0 Å². The molecule has 0 aliphatic heterocycles. The Labute approximate surface area is 167 Å². The van der Waals surface area contributed by atoms with Crippen LogP contribution in [0.2, 0.25) is 0 Å². The van der Waals surface area contributed by atoms with E-state index in [2.05, 4.69) is 30.0 Å². The van der Waals surface area contributed by atoms with Crippen LogP contribution in [0.25, 0.3) is 0 Å². The van der Waals surface area contributed by atoms with Crippen LogP contribution in [0.15, 0.2) is 35.3 Å². The van der Waals surface area contributed by atoms with Crippen LogP contribution in [0.3, 0.4) is 0 Å². The first-order valence-corrected chi connectivity index (χ1v) is 9.28. The van der Waals surface area contributed by atoms with Gasteiger partial charge in [-0.05, 0) is 37.8 Å². The maximum absolute atomic E-state index is 12.6. The summed E-state index contributed by atoms with van der Waals surface area (Å²) in [6, 6.07) is 0.650. The van der Waals surface area contributed by atoms with E-state index in [-0.39, 0.29) is 29.1 Å². The number of nitrogens with zero attached hydrogens (tertiary/aromatic N) is 4. The van der Waals surface area contributed by atoms with Crippen LogP contribution in [-0.4, -0.2) is 45.3 Å². The summed E-state index contributed by atoms with van der Waals surface area (Å²) in [6.07, 6.45) is 5.49. The van der Waals surface area contributed by atoms with Gasteiger partial charge in [0.1, 0.15) is 0 Å². The second kappa shape index (κ2) is 10.8. The summed E-state index contributed by atoms with van der Waals surface area (Å²) in [5.74, 6) is -0.487. The molecule has 1 N–H and O–H groups in total. The van der Waals surface area contributed by atoms with Crippen LogP contribution in [0, 0.1) is 16.0 Å². The molecule has 2 unspecified atom stereocenters. The molecule has 1 amide bonds. The third kappa shape index (κ3) is 6.63. The van der Waals surface area contributed by atoms with Crippen LogP contribution in [-0.2, 0) is 14.4 Å². The summed E-state index contributed by atoms with van der Waals surface area (Å²) in [4.78, 5) is 47.5. The van der Waals surface area contributed by atoms with Crippen molar-refractivity contribution in [2.24, 2.45) is 11.1 Å². The van der Waals surface area contributed by atoms with Crippen molar-refractivity contribution in [1.82, 2.24) is 9.97 Å². The minimum absolute atomic E-state index is 0.0145. The lowest BCUT2D eigenvalue weighted by Gasteiger charge is -2.25. The molecule has 0 bridgehead atoms. The van der Waals surface area contributed by atoms with Crippen LogP contribution < -0.4 is 5.32 Å². The SMILES string of the molecule is CCOC(=O)O/N=C(\C=C1/CC(CC)CCC1[N+](=O)[O-])C(=O)Nc1ncccn1. The number of rotatable bonds is 7. The molecule has 1 aromatic heterocycles. The molecule has 1 fully saturated rings. The Morgan fingerprint density at radius 3 is 2.69 bits per heavy atom. The van der Waals surface area contributed by atoms with Crippen molar-refractivity contribution in [3.63, 3.8) is 0 Å². The van der Waals surface area contributed by atoms with Crippen LogP contribution in [0.5, 0.6) is 0 Å². The Morgan fingerprint density at radius 2 is 2.07 bits per heavy atom. The van der Waals surface area contributed by atoms with Crippen molar-refractivity contribution in [3.8, 4) is 0 Å². The van der Waals surface area contributed by atoms with E-state index in [1.54, 1.807) is 13.0 Å². The molecule has 29 heavy (non-hydrogen) atoms. The minimum Gasteiger partial charge on any atom is -0.433 e. The third-order valence-corrected chi connectivity index (χ3v) is 4.46. The first kappa shape index (κ1) is 21.9. The number of carbonyl (C=O) groups excluding carboxylic acids is 2. The summed E-state index contributed by atoms with van der Waals surface area (Å²) in [7, 11) is 0. The van der Waals surface area contributed by atoms with Crippen molar-refractivity contribution in [3.05, 3.63) is 40.2 Å². The number of hydrogen-bond donors (Lipinski definition) is 1. The summed E-state index contributed by atoms with van der Waals surface area (Å²) in [5, 5.41) is 17.4. The Kier molecular flexibility index (Phi) is 8.19. The van der Waals surface area contributed by atoms with Gasteiger partial charge in [0.15, 0.2) is 5.71 Å². The number of nitro groups is 1. The van der Waals surface area contributed by atoms with E-state index in [9.17, 15) is 19.7 Å². The number of ether oxygens (including phenoxy) is 1. The largest absolute Gasteiger partial charge is 0.535 e. The summed E-state index contributed by atoms with van der Waals surface area (Å²) >= 11 is 0. The Morgan fingerprint density at radius 1 is 1.34 bits per heavy atom. The van der Waals surface area contributed by atoms with Gasteiger partial charge in [-0.3, -0.25) is 25.1 Å². The number of amides is 1. The van der Waals surface area contributed by atoms with Gasteiger partial charge in [0.25, 0.3) is 5.91 Å². The van der Waals surface area contributed by atoms with Gasteiger partial charge in [-0.15, -0.1) is 0 Å². The molecule has 1 saturated carbocycles. The second-order valence-electron chi connectivity index (χ2n) is 6.35. The zero-order valence-electron chi connectivity index (χ0n) is 16.2. The molecule has 1 aliphatic rings. The molecule has 1 aliphatic carbocycles. The molecule has 2 atom stereocenters. The summed E-state index contributed by atoms with van der Waals surface area (Å²) in [6.45, 7) is 3.66. The molecule has 1 aromatic rings. The molecule has 0 saturated heterocycles. The number of anilines is 1. The van der Waals surface area contributed by atoms with Gasteiger partial charge in [0, 0.05) is 29.3 Å². The van der Waals surface area contributed by atoms with E-state index >= 15 is 0 Å². The highest BCUT2D eigenvalue weighted by Crippen LogP contribution is 2.32. The average molecular weight is 405 g/mol. The van der Waals surface area contributed by atoms with E-state index in [1.807, 2.05) is 6.92 Å². The minimum atomic E-state index is -1.09. The molecule has 0 radical (unpaired) electrons. The maximum Gasteiger partial charge on any atom is 0.535 e. The van der Waals surface area contributed by atoms with Crippen molar-refractivity contribution in [2.45, 2.75) is 45.6 Å². The lowest BCUT2D eigenvalue weighted by molar-refractivity contribution is -0.515. The first-order valence-electron chi connectivity index (χ1n) is 9.28. The van der Waals surface area contributed by atoms with Gasteiger partial charge in [-0.2, -0.15) is 0 Å². The maximum atomic E-state index is 12.6. The number of hydrogen-bond acceptors (Lipinski definition) is 9. The topological polar surface area (TPSA) is 146 Å². The quantitative estimate of drug-likeness (QED) is 0.239. The van der Waals surface area contributed by atoms with Gasteiger partial charge < -0.3 is 4.74 Å². The molecule has 0 spiro atoms. The number of carbonyl (C=O) groups is 2. The third-order valence-electron chi connectivity index (χ3n) is 4.46. The molecule has 2 rings (SSSR count). The van der Waals surface area contributed by atoms with E-state index in [0.29, 0.717) is 18.4 Å². The van der Waals surface area contributed by atoms with Gasteiger partial charge in [-0.25, -0.2) is 14.8 Å². The smallest absolute Gasteiger partial charge is 0.433 e. The zero-order valence-corrected chi connectivity index (χ0v) is 16.2. The second-order valence-corrected chi connectivity index (χ2v) is 6.35. The Hall–Kier alpha value is -3.37. The first-order chi connectivity index (χ1) is 13.9. The molecular weight excluding hydrogens is 382 g/mol. The van der Waals surface area contributed by atoms with E-state index < -0.39 is 18.1 Å². The Balaban J connectivity index is 2.32. The number of nitrogens with one attached hydrogen (secondary N) is 1. The van der Waals surface area contributed by atoms with Crippen molar-refractivity contribution >= 4 is 23.7 Å². The van der Waals surface area contributed by atoms with E-state index in [0.717, 1.165) is 12.8 Å². The van der Waals surface area contributed by atoms with Crippen molar-refractivity contribution in [1.29, 1.82) is 0 Å². The van der Waals surface area contributed by atoms with Gasteiger partial charge >= 0.3 is 6.16 Å². The van der Waals surface area contributed by atoms with E-state index in [4.69, 9.17) is 0 Å². The molecule has 11 heteroatoms. The van der Waals surface area contributed by atoms with Crippen molar-refractivity contribution < 1.29 is 24.1 Å². The lowest BCUT2D eigenvalue weighted by Crippen LogP contribution is -2.31. The summed E-state index contributed by atoms with van der Waals surface area (Å²) < 4.78 is 4.62. The number of oxime groups is 1. The fourth-order valence-electron chi connectivity index (χ4n) is 2.96. The summed E-state index contributed by atoms with van der Waals surface area (Å²) in [5.41, 5.74) is 0.132. The molecule has 11 nitrogen and oxygen atoms in total. The zero-order chi connectivity index (χ0) is 21.2. The lowest BCUT2D eigenvalue weighted by atomic mass is 9.80. The number of aromatic nitrogens is 2. The molecule has 0 aromatic carbocycles. The molecule has 156 valence electrons. The van der Waals surface area contributed by atoms with Crippen LogP contribution in [0.4, 0.5) is 10.7 Å².